The van der Waals surface area contributed by atoms with E-state index in [0.717, 1.165) is 19.3 Å². The summed E-state index contributed by atoms with van der Waals surface area (Å²) in [5.41, 5.74) is 0.859. The Kier molecular flexibility index (Phi) is 4.46. The molecule has 2 aliphatic rings. The molecular formula is C18H22N2O3. The first-order chi connectivity index (χ1) is 11.1. The molecule has 1 fully saturated rings. The van der Waals surface area contributed by atoms with Crippen LogP contribution >= 0.6 is 0 Å². The molecule has 1 saturated carbocycles. The van der Waals surface area contributed by atoms with Crippen LogP contribution in [-0.4, -0.2) is 35.2 Å². The van der Waals surface area contributed by atoms with Gasteiger partial charge >= 0.3 is 0 Å². The zero-order chi connectivity index (χ0) is 16.4. The number of benzene rings is 1. The lowest BCUT2D eigenvalue weighted by Crippen LogP contribution is -2.42. The third-order valence-electron chi connectivity index (χ3n) is 4.90. The van der Waals surface area contributed by atoms with E-state index in [2.05, 4.69) is 12.2 Å². The Morgan fingerprint density at radius 1 is 1.13 bits per heavy atom. The van der Waals surface area contributed by atoms with Crippen molar-refractivity contribution in [2.45, 2.75) is 45.1 Å². The fraction of sp³-hybridized carbons (Fsp3) is 0.500. The minimum atomic E-state index is -0.301. The Morgan fingerprint density at radius 3 is 2.35 bits per heavy atom. The average molecular weight is 314 g/mol. The summed E-state index contributed by atoms with van der Waals surface area (Å²) in [5.74, 6) is -0.193. The molecule has 0 bridgehead atoms. The number of hydrogen-bond acceptors (Lipinski definition) is 3. The fourth-order valence-electron chi connectivity index (χ4n) is 3.47. The van der Waals surface area contributed by atoms with E-state index >= 15 is 0 Å². The highest BCUT2D eigenvalue weighted by molar-refractivity contribution is 6.21. The van der Waals surface area contributed by atoms with Crippen molar-refractivity contribution in [3.63, 3.8) is 0 Å². The van der Waals surface area contributed by atoms with Crippen LogP contribution in [0.15, 0.2) is 24.3 Å². The highest BCUT2D eigenvalue weighted by atomic mass is 16.2. The summed E-state index contributed by atoms with van der Waals surface area (Å²) in [6.45, 7) is 2.30. The minimum absolute atomic E-state index is 0.0830. The highest BCUT2D eigenvalue weighted by Gasteiger charge is 2.35. The number of imide groups is 1. The molecule has 122 valence electrons. The van der Waals surface area contributed by atoms with Crippen LogP contribution in [0.3, 0.4) is 0 Å². The van der Waals surface area contributed by atoms with Gasteiger partial charge in [-0.2, -0.15) is 0 Å². The molecular weight excluding hydrogens is 292 g/mol. The van der Waals surface area contributed by atoms with Crippen LogP contribution in [0.5, 0.6) is 0 Å². The van der Waals surface area contributed by atoms with Gasteiger partial charge in [-0.05, 0) is 30.9 Å². The van der Waals surface area contributed by atoms with Crippen molar-refractivity contribution in [1.29, 1.82) is 0 Å². The number of rotatable bonds is 4. The molecule has 0 spiro atoms. The molecule has 3 rings (SSSR count). The van der Waals surface area contributed by atoms with Crippen molar-refractivity contribution in [3.05, 3.63) is 35.4 Å². The molecule has 5 nitrogen and oxygen atoms in total. The monoisotopic (exact) mass is 314 g/mol. The summed E-state index contributed by atoms with van der Waals surface area (Å²) in [7, 11) is 0. The van der Waals surface area contributed by atoms with Gasteiger partial charge in [-0.25, -0.2) is 0 Å². The Hall–Kier alpha value is -2.17. The van der Waals surface area contributed by atoms with Crippen LogP contribution in [0.1, 0.15) is 59.7 Å². The maximum atomic E-state index is 12.2. The molecule has 0 radical (unpaired) electrons. The maximum Gasteiger partial charge on any atom is 0.261 e. The number of nitrogens with zero attached hydrogens (tertiary/aromatic N) is 1. The average Bonchev–Trinajstić information content (AvgIpc) is 2.80. The lowest BCUT2D eigenvalue weighted by atomic mass is 9.86. The van der Waals surface area contributed by atoms with E-state index in [1.807, 2.05) is 0 Å². The number of amides is 3. The second-order valence-corrected chi connectivity index (χ2v) is 6.49. The molecule has 3 amide bonds. The summed E-state index contributed by atoms with van der Waals surface area (Å²) in [4.78, 5) is 37.8. The quantitative estimate of drug-likeness (QED) is 0.868. The molecule has 1 aromatic rings. The Bertz CT molecular complexity index is 606. The number of carbonyl (C=O) groups excluding carboxylic acids is 3. The standard InChI is InChI=1S/C18H22N2O3/c1-12-6-2-5-9-15(12)19-16(21)10-11-20-17(22)13-7-3-4-8-14(13)18(20)23/h3-4,7-8,12,15H,2,5-6,9-11H2,1H3,(H,19,21)/t12-,15-/m0/s1. The summed E-state index contributed by atoms with van der Waals surface area (Å²) in [5, 5.41) is 3.06. The molecule has 1 N–H and O–H groups in total. The molecule has 1 aliphatic carbocycles. The molecule has 0 aromatic heterocycles. The Balaban J connectivity index is 1.56. The molecule has 1 heterocycles. The van der Waals surface area contributed by atoms with Crippen LogP contribution in [0, 0.1) is 5.92 Å². The summed E-state index contributed by atoms with van der Waals surface area (Å²) in [6.07, 6.45) is 4.69. The normalized spacial score (nSPS) is 23.8. The van der Waals surface area contributed by atoms with Crippen LogP contribution in [-0.2, 0) is 4.79 Å². The number of fused-ring (bicyclic) bond motifs is 1. The van der Waals surface area contributed by atoms with Crippen LogP contribution in [0.25, 0.3) is 0 Å². The summed E-state index contributed by atoms with van der Waals surface area (Å²) >= 11 is 0. The molecule has 1 aromatic carbocycles. The molecule has 0 saturated heterocycles. The third-order valence-corrected chi connectivity index (χ3v) is 4.90. The van der Waals surface area contributed by atoms with E-state index in [-0.39, 0.29) is 36.7 Å². The van der Waals surface area contributed by atoms with Crippen LogP contribution in [0.4, 0.5) is 0 Å². The first kappa shape index (κ1) is 15.7. The van der Waals surface area contributed by atoms with Gasteiger partial charge in [0.1, 0.15) is 0 Å². The van der Waals surface area contributed by atoms with Crippen LogP contribution in [0.2, 0.25) is 0 Å². The van der Waals surface area contributed by atoms with Gasteiger partial charge in [0.2, 0.25) is 5.91 Å². The second kappa shape index (κ2) is 6.52. The Morgan fingerprint density at radius 2 is 1.74 bits per heavy atom. The van der Waals surface area contributed by atoms with Gasteiger partial charge < -0.3 is 5.32 Å². The largest absolute Gasteiger partial charge is 0.353 e. The van der Waals surface area contributed by atoms with Crippen molar-refractivity contribution in [3.8, 4) is 0 Å². The second-order valence-electron chi connectivity index (χ2n) is 6.49. The third kappa shape index (κ3) is 3.14. The zero-order valence-corrected chi connectivity index (χ0v) is 13.4. The molecule has 2 atom stereocenters. The van der Waals surface area contributed by atoms with Gasteiger partial charge in [0.15, 0.2) is 0 Å². The van der Waals surface area contributed by atoms with Gasteiger partial charge in [0.05, 0.1) is 11.1 Å². The SMILES string of the molecule is C[C@H]1CCCC[C@@H]1NC(=O)CCN1C(=O)c2ccccc2C1=O. The van der Waals surface area contributed by atoms with Crippen molar-refractivity contribution >= 4 is 17.7 Å². The zero-order valence-electron chi connectivity index (χ0n) is 13.4. The van der Waals surface area contributed by atoms with E-state index in [1.165, 1.54) is 11.3 Å². The smallest absolute Gasteiger partial charge is 0.261 e. The molecule has 0 unspecified atom stereocenters. The van der Waals surface area contributed by atoms with Gasteiger partial charge in [-0.3, -0.25) is 19.3 Å². The number of carbonyl (C=O) groups is 3. The van der Waals surface area contributed by atoms with E-state index in [4.69, 9.17) is 0 Å². The van der Waals surface area contributed by atoms with Crippen LogP contribution < -0.4 is 5.32 Å². The number of nitrogens with one attached hydrogen (secondary N) is 1. The van der Waals surface area contributed by atoms with E-state index in [0.29, 0.717) is 17.0 Å². The first-order valence-electron chi connectivity index (χ1n) is 8.32. The van der Waals surface area contributed by atoms with Gasteiger partial charge in [-0.1, -0.05) is 31.9 Å². The lowest BCUT2D eigenvalue weighted by molar-refractivity contribution is -0.122. The van der Waals surface area contributed by atoms with E-state index in [1.54, 1.807) is 24.3 Å². The molecule has 23 heavy (non-hydrogen) atoms. The van der Waals surface area contributed by atoms with Gasteiger partial charge in [-0.15, -0.1) is 0 Å². The molecule has 1 aliphatic heterocycles. The number of hydrogen-bond donors (Lipinski definition) is 1. The van der Waals surface area contributed by atoms with Crippen molar-refractivity contribution < 1.29 is 14.4 Å². The summed E-state index contributed by atoms with van der Waals surface area (Å²) in [6, 6.07) is 7.01. The van der Waals surface area contributed by atoms with E-state index < -0.39 is 0 Å². The predicted molar refractivity (Wildman–Crippen MR) is 86.0 cm³/mol. The minimum Gasteiger partial charge on any atom is -0.353 e. The van der Waals surface area contributed by atoms with Crippen molar-refractivity contribution in [1.82, 2.24) is 10.2 Å². The fourth-order valence-corrected chi connectivity index (χ4v) is 3.47. The van der Waals surface area contributed by atoms with Crippen molar-refractivity contribution in [2.24, 2.45) is 5.92 Å². The van der Waals surface area contributed by atoms with Gasteiger partial charge in [0, 0.05) is 19.0 Å². The van der Waals surface area contributed by atoms with E-state index in [9.17, 15) is 14.4 Å². The lowest BCUT2D eigenvalue weighted by Gasteiger charge is -2.29. The Labute approximate surface area is 136 Å². The maximum absolute atomic E-state index is 12.2. The molecule has 5 heteroatoms. The van der Waals surface area contributed by atoms with Crippen molar-refractivity contribution in [2.75, 3.05) is 6.54 Å². The topological polar surface area (TPSA) is 66.5 Å². The summed E-state index contributed by atoms with van der Waals surface area (Å²) < 4.78 is 0. The predicted octanol–water partition coefficient (Wildman–Crippen LogP) is 2.37. The first-order valence-corrected chi connectivity index (χ1v) is 8.32. The highest BCUT2D eigenvalue weighted by Crippen LogP contribution is 2.24. The van der Waals surface area contributed by atoms with Gasteiger partial charge in [0.25, 0.3) is 11.8 Å².